The molecule has 1 heterocycles. The molecule has 0 spiro atoms. The molecular formula is C18H19F3N4O3. The Kier molecular flexibility index (Phi) is 7.19. The summed E-state index contributed by atoms with van der Waals surface area (Å²) in [5, 5.41) is 7.49. The van der Waals surface area contributed by atoms with Crippen LogP contribution in [0.3, 0.4) is 0 Å². The molecule has 0 aliphatic heterocycles. The minimum Gasteiger partial charge on any atom is -0.494 e. The minimum absolute atomic E-state index is 0.0264. The lowest BCUT2D eigenvalue weighted by Crippen LogP contribution is -2.33. The zero-order valence-electron chi connectivity index (χ0n) is 15.0. The summed E-state index contributed by atoms with van der Waals surface area (Å²) in [6.07, 6.45) is -3.72. The lowest BCUT2D eigenvalue weighted by Gasteiger charge is -2.13. The molecule has 150 valence electrons. The molecule has 3 amide bonds. The van der Waals surface area contributed by atoms with Gasteiger partial charge in [0.05, 0.1) is 13.3 Å². The topological polar surface area (TPSA) is 92.3 Å². The second kappa shape index (κ2) is 9.58. The van der Waals surface area contributed by atoms with E-state index in [-0.39, 0.29) is 30.3 Å². The smallest absolute Gasteiger partial charge is 0.433 e. The number of amides is 3. The van der Waals surface area contributed by atoms with Gasteiger partial charge in [-0.25, -0.2) is 9.78 Å². The SMILES string of the molecule is COc1cc(C(F)(F)F)ncc1NC(=O)NCCC(=O)NCc1ccccc1. The average Bonchev–Trinajstić information content (AvgIpc) is 2.66. The summed E-state index contributed by atoms with van der Waals surface area (Å²) in [4.78, 5) is 26.9. The van der Waals surface area contributed by atoms with Gasteiger partial charge in [0.15, 0.2) is 0 Å². The van der Waals surface area contributed by atoms with Crippen LogP contribution in [0.2, 0.25) is 0 Å². The molecule has 2 rings (SSSR count). The lowest BCUT2D eigenvalue weighted by molar-refractivity contribution is -0.141. The third kappa shape index (κ3) is 6.45. The Morgan fingerprint density at radius 1 is 1.14 bits per heavy atom. The van der Waals surface area contributed by atoms with E-state index in [0.717, 1.165) is 11.8 Å². The molecular weight excluding hydrogens is 377 g/mol. The Labute approximate surface area is 159 Å². The maximum atomic E-state index is 12.7. The number of hydrogen-bond donors (Lipinski definition) is 3. The van der Waals surface area contributed by atoms with Crippen LogP contribution in [0, 0.1) is 0 Å². The first-order valence-corrected chi connectivity index (χ1v) is 8.26. The van der Waals surface area contributed by atoms with Gasteiger partial charge in [0, 0.05) is 25.6 Å². The van der Waals surface area contributed by atoms with Crippen LogP contribution in [-0.2, 0) is 17.5 Å². The van der Waals surface area contributed by atoms with E-state index >= 15 is 0 Å². The fourth-order valence-electron chi connectivity index (χ4n) is 2.20. The van der Waals surface area contributed by atoms with E-state index in [1.54, 1.807) is 0 Å². The van der Waals surface area contributed by atoms with Gasteiger partial charge in [-0.3, -0.25) is 4.79 Å². The fraction of sp³-hybridized carbons (Fsp3) is 0.278. The largest absolute Gasteiger partial charge is 0.494 e. The molecule has 1 aromatic heterocycles. The number of halogens is 3. The van der Waals surface area contributed by atoms with Gasteiger partial charge < -0.3 is 20.7 Å². The van der Waals surface area contributed by atoms with Crippen molar-refractivity contribution in [3.8, 4) is 5.75 Å². The number of urea groups is 1. The molecule has 7 nitrogen and oxygen atoms in total. The summed E-state index contributed by atoms with van der Waals surface area (Å²) in [7, 11) is 1.18. The maximum absolute atomic E-state index is 12.7. The number of carbonyl (C=O) groups is 2. The molecule has 0 saturated heterocycles. The molecule has 28 heavy (non-hydrogen) atoms. The summed E-state index contributed by atoms with van der Waals surface area (Å²) in [5.74, 6) is -0.434. The maximum Gasteiger partial charge on any atom is 0.433 e. The van der Waals surface area contributed by atoms with Gasteiger partial charge in [-0.15, -0.1) is 0 Å². The minimum atomic E-state index is -4.62. The third-order valence-electron chi connectivity index (χ3n) is 3.59. The Morgan fingerprint density at radius 3 is 2.50 bits per heavy atom. The van der Waals surface area contributed by atoms with Crippen LogP contribution in [0.15, 0.2) is 42.6 Å². The van der Waals surface area contributed by atoms with Gasteiger partial charge in [0.2, 0.25) is 5.91 Å². The third-order valence-corrected chi connectivity index (χ3v) is 3.59. The number of nitrogens with zero attached hydrogens (tertiary/aromatic N) is 1. The van der Waals surface area contributed by atoms with E-state index in [2.05, 4.69) is 20.9 Å². The average molecular weight is 396 g/mol. The Balaban J connectivity index is 1.78. The van der Waals surface area contributed by atoms with Gasteiger partial charge in [-0.1, -0.05) is 30.3 Å². The second-order valence-corrected chi connectivity index (χ2v) is 5.66. The standard InChI is InChI=1S/C18H19F3N4O3/c1-28-14-9-15(18(19,20)21)23-11-13(14)25-17(27)22-8-7-16(26)24-10-12-5-3-2-4-6-12/h2-6,9,11H,7-8,10H2,1H3,(H,24,26)(H2,22,25,27). The molecule has 0 saturated carbocycles. The zero-order valence-corrected chi connectivity index (χ0v) is 15.0. The number of methoxy groups -OCH3 is 1. The number of pyridine rings is 1. The van der Waals surface area contributed by atoms with Gasteiger partial charge in [-0.2, -0.15) is 13.2 Å². The van der Waals surface area contributed by atoms with E-state index in [4.69, 9.17) is 4.74 Å². The van der Waals surface area contributed by atoms with Gasteiger partial charge >= 0.3 is 12.2 Å². The van der Waals surface area contributed by atoms with Crippen molar-refractivity contribution < 1.29 is 27.5 Å². The number of benzene rings is 1. The summed E-state index contributed by atoms with van der Waals surface area (Å²) in [5.41, 5.74) is -0.213. The van der Waals surface area contributed by atoms with Crippen LogP contribution in [-0.4, -0.2) is 30.6 Å². The van der Waals surface area contributed by atoms with Crippen LogP contribution in [0.5, 0.6) is 5.75 Å². The van der Waals surface area contributed by atoms with Crippen molar-refractivity contribution in [2.45, 2.75) is 19.1 Å². The van der Waals surface area contributed by atoms with E-state index < -0.39 is 17.9 Å². The molecule has 0 aliphatic rings. The Hall–Kier alpha value is -3.30. The highest BCUT2D eigenvalue weighted by atomic mass is 19.4. The highest BCUT2D eigenvalue weighted by molar-refractivity contribution is 5.91. The highest BCUT2D eigenvalue weighted by Crippen LogP contribution is 2.33. The highest BCUT2D eigenvalue weighted by Gasteiger charge is 2.33. The predicted octanol–water partition coefficient (Wildman–Crippen LogP) is 2.94. The van der Waals surface area contributed by atoms with Crippen molar-refractivity contribution in [1.29, 1.82) is 0 Å². The number of aromatic nitrogens is 1. The normalized spacial score (nSPS) is 10.9. The summed E-state index contributed by atoms with van der Waals surface area (Å²) in [6.45, 7) is 0.420. The van der Waals surface area contributed by atoms with Crippen molar-refractivity contribution in [3.63, 3.8) is 0 Å². The van der Waals surface area contributed by atoms with Crippen LogP contribution < -0.4 is 20.7 Å². The predicted molar refractivity (Wildman–Crippen MR) is 95.7 cm³/mol. The second-order valence-electron chi connectivity index (χ2n) is 5.66. The first-order valence-electron chi connectivity index (χ1n) is 8.26. The van der Waals surface area contributed by atoms with Crippen molar-refractivity contribution in [1.82, 2.24) is 15.6 Å². The molecule has 0 atom stereocenters. The van der Waals surface area contributed by atoms with Gasteiger partial charge in [0.1, 0.15) is 17.1 Å². The van der Waals surface area contributed by atoms with Gasteiger partial charge in [0.25, 0.3) is 0 Å². The number of ether oxygens (including phenoxy) is 1. The number of alkyl halides is 3. The fourth-order valence-corrected chi connectivity index (χ4v) is 2.20. The number of rotatable bonds is 7. The molecule has 0 bridgehead atoms. The zero-order chi connectivity index (χ0) is 20.6. The summed E-state index contributed by atoms with van der Waals surface area (Å²) in [6, 6.07) is 9.32. The van der Waals surface area contributed by atoms with Crippen molar-refractivity contribution in [2.24, 2.45) is 0 Å². The Bertz CT molecular complexity index is 813. The molecule has 0 unspecified atom stereocenters. The molecule has 0 aliphatic carbocycles. The van der Waals surface area contributed by atoms with Crippen LogP contribution in [0.25, 0.3) is 0 Å². The van der Waals surface area contributed by atoms with E-state index in [1.165, 1.54) is 7.11 Å². The molecule has 0 radical (unpaired) electrons. The summed E-state index contributed by atoms with van der Waals surface area (Å²) < 4.78 is 42.8. The number of hydrogen-bond acceptors (Lipinski definition) is 4. The lowest BCUT2D eigenvalue weighted by atomic mass is 10.2. The monoisotopic (exact) mass is 396 g/mol. The van der Waals surface area contributed by atoms with Crippen molar-refractivity contribution >= 4 is 17.6 Å². The summed E-state index contributed by atoms with van der Waals surface area (Å²) >= 11 is 0. The van der Waals surface area contributed by atoms with Crippen LogP contribution >= 0.6 is 0 Å². The quantitative estimate of drug-likeness (QED) is 0.671. The molecule has 3 N–H and O–H groups in total. The first kappa shape index (κ1) is 21.0. The first-order chi connectivity index (χ1) is 13.3. The van der Waals surface area contributed by atoms with Crippen LogP contribution in [0.4, 0.5) is 23.7 Å². The van der Waals surface area contributed by atoms with Crippen LogP contribution in [0.1, 0.15) is 17.7 Å². The Morgan fingerprint density at radius 2 is 1.86 bits per heavy atom. The number of anilines is 1. The molecule has 0 fully saturated rings. The van der Waals surface area contributed by atoms with Crippen molar-refractivity contribution in [2.75, 3.05) is 19.0 Å². The van der Waals surface area contributed by atoms with Gasteiger partial charge in [-0.05, 0) is 5.56 Å². The van der Waals surface area contributed by atoms with Crippen molar-refractivity contribution in [3.05, 3.63) is 53.9 Å². The van der Waals surface area contributed by atoms with E-state index in [9.17, 15) is 22.8 Å². The number of nitrogens with one attached hydrogen (secondary N) is 3. The van der Waals surface area contributed by atoms with E-state index in [1.807, 2.05) is 30.3 Å². The molecule has 2 aromatic rings. The number of carbonyl (C=O) groups excluding carboxylic acids is 2. The van der Waals surface area contributed by atoms with E-state index in [0.29, 0.717) is 12.6 Å². The molecule has 1 aromatic carbocycles. The molecule has 10 heteroatoms.